The van der Waals surface area contributed by atoms with Gasteiger partial charge in [-0.2, -0.15) is 8.42 Å². The van der Waals surface area contributed by atoms with Crippen molar-refractivity contribution in [2.75, 3.05) is 6.61 Å². The van der Waals surface area contributed by atoms with Crippen molar-refractivity contribution in [2.24, 2.45) is 0 Å². The minimum Gasteiger partial charge on any atom is -0.344 e. The highest BCUT2D eigenvalue weighted by Crippen LogP contribution is 2.13. The van der Waals surface area contributed by atoms with Crippen molar-refractivity contribution in [3.05, 3.63) is 0 Å². The summed E-state index contributed by atoms with van der Waals surface area (Å²) in [7, 11) is -4.15. The molecule has 0 aliphatic rings. The summed E-state index contributed by atoms with van der Waals surface area (Å²) in [5, 5.41) is 0. The molecule has 0 aromatic carbocycles. The summed E-state index contributed by atoms with van der Waals surface area (Å²) in [6, 6.07) is 0. The molecule has 0 aromatic heterocycles. The van der Waals surface area contributed by atoms with Gasteiger partial charge in [0, 0.05) is 6.42 Å². The molecule has 0 aromatic rings. The van der Waals surface area contributed by atoms with Gasteiger partial charge in [0.25, 0.3) is 0 Å². The molecule has 0 unspecified atom stereocenters. The zero-order valence-corrected chi connectivity index (χ0v) is 17.1. The van der Waals surface area contributed by atoms with Crippen LogP contribution < -0.4 is 6.15 Å². The fourth-order valence-electron chi connectivity index (χ4n) is 2.61. The standard InChI is InChI=1S/C18H36O5S.H3N/c1-3-5-6-7-8-9-10-11-12-13-14-15-16-17-18(19)23-24(20,21)22-4-2;/h3-17H2,1-2H3;1H3. The van der Waals surface area contributed by atoms with Gasteiger partial charge in [0.05, 0.1) is 6.61 Å². The first-order chi connectivity index (χ1) is 11.5. The Morgan fingerprint density at radius 3 is 1.52 bits per heavy atom. The predicted octanol–water partition coefficient (Wildman–Crippen LogP) is 5.45. The summed E-state index contributed by atoms with van der Waals surface area (Å²) in [6.45, 7) is 3.73. The van der Waals surface area contributed by atoms with Crippen molar-refractivity contribution in [1.82, 2.24) is 6.15 Å². The van der Waals surface area contributed by atoms with Gasteiger partial charge < -0.3 is 10.3 Å². The van der Waals surface area contributed by atoms with E-state index in [1.165, 1.54) is 71.1 Å². The predicted molar refractivity (Wildman–Crippen MR) is 102 cm³/mol. The molecule has 0 aliphatic heterocycles. The van der Waals surface area contributed by atoms with E-state index in [1.54, 1.807) is 0 Å². The lowest BCUT2D eigenvalue weighted by Gasteiger charge is -2.04. The van der Waals surface area contributed by atoms with Crippen LogP contribution in [0.2, 0.25) is 0 Å². The van der Waals surface area contributed by atoms with Crippen molar-refractivity contribution in [2.45, 2.75) is 104 Å². The highest BCUT2D eigenvalue weighted by atomic mass is 32.3. The first kappa shape index (κ1) is 26.6. The maximum atomic E-state index is 11.4. The van der Waals surface area contributed by atoms with Crippen LogP contribution in [0, 0.1) is 0 Å². The summed E-state index contributed by atoms with van der Waals surface area (Å²) in [6.07, 6.45) is 16.0. The summed E-state index contributed by atoms with van der Waals surface area (Å²) >= 11 is 0. The SMILES string of the molecule is CCCCCCCCCCCCCCCC(=O)OS(=O)(=O)OCC.N. The molecule has 0 amide bonds. The van der Waals surface area contributed by atoms with Crippen LogP contribution in [-0.2, 0) is 23.6 Å². The lowest BCUT2D eigenvalue weighted by atomic mass is 10.0. The van der Waals surface area contributed by atoms with Crippen molar-refractivity contribution in [1.29, 1.82) is 0 Å². The van der Waals surface area contributed by atoms with Crippen LogP contribution in [0.4, 0.5) is 0 Å². The number of rotatable bonds is 17. The third-order valence-electron chi connectivity index (χ3n) is 3.94. The van der Waals surface area contributed by atoms with Gasteiger partial charge in [-0.05, 0) is 13.3 Å². The first-order valence-electron chi connectivity index (χ1n) is 9.63. The van der Waals surface area contributed by atoms with Crippen LogP contribution in [0.15, 0.2) is 0 Å². The first-order valence-corrected chi connectivity index (χ1v) is 11.0. The molecule has 0 bridgehead atoms. The molecule has 6 nitrogen and oxygen atoms in total. The molecule has 0 aliphatic carbocycles. The number of carbonyl (C=O) groups excluding carboxylic acids is 1. The Kier molecular flexibility index (Phi) is 19.3. The number of carbonyl (C=O) groups is 1. The number of hydrogen-bond acceptors (Lipinski definition) is 6. The lowest BCUT2D eigenvalue weighted by molar-refractivity contribution is -0.134. The average Bonchev–Trinajstić information content (AvgIpc) is 2.51. The molecule has 0 saturated carbocycles. The molecule has 152 valence electrons. The Bertz CT molecular complexity index is 398. The maximum absolute atomic E-state index is 11.4. The molecule has 7 heteroatoms. The van der Waals surface area contributed by atoms with Gasteiger partial charge in [-0.15, -0.1) is 0 Å². The molecule has 0 radical (unpaired) electrons. The van der Waals surface area contributed by atoms with Gasteiger partial charge in [-0.1, -0.05) is 84.0 Å². The van der Waals surface area contributed by atoms with Gasteiger partial charge in [0.15, 0.2) is 0 Å². The summed E-state index contributed by atoms with van der Waals surface area (Å²) in [4.78, 5) is 11.4. The van der Waals surface area contributed by atoms with Crippen LogP contribution >= 0.6 is 0 Å². The fourth-order valence-corrected chi connectivity index (χ4v) is 3.26. The maximum Gasteiger partial charge on any atom is 0.451 e. The second-order valence-corrected chi connectivity index (χ2v) is 7.48. The summed E-state index contributed by atoms with van der Waals surface area (Å²) in [5.74, 6) is -0.730. The Morgan fingerprint density at radius 1 is 0.720 bits per heavy atom. The van der Waals surface area contributed by atoms with E-state index < -0.39 is 16.4 Å². The normalized spacial score (nSPS) is 11.1. The third kappa shape index (κ3) is 19.5. The quantitative estimate of drug-likeness (QED) is 0.336. The van der Waals surface area contributed by atoms with Gasteiger partial charge in [0.2, 0.25) is 0 Å². The van der Waals surface area contributed by atoms with Crippen LogP contribution in [-0.4, -0.2) is 21.0 Å². The molecule has 0 rings (SSSR count). The third-order valence-corrected chi connectivity index (χ3v) is 4.86. The lowest BCUT2D eigenvalue weighted by Crippen LogP contribution is -2.15. The molecular weight excluding hydrogens is 342 g/mol. The molecule has 0 saturated heterocycles. The Labute approximate surface area is 155 Å². The second-order valence-electron chi connectivity index (χ2n) is 6.26. The van der Waals surface area contributed by atoms with E-state index in [1.807, 2.05) is 0 Å². The van der Waals surface area contributed by atoms with Crippen molar-refractivity contribution in [3.63, 3.8) is 0 Å². The van der Waals surface area contributed by atoms with E-state index in [0.29, 0.717) is 6.42 Å². The molecule has 0 atom stereocenters. The van der Waals surface area contributed by atoms with Crippen molar-refractivity contribution in [3.8, 4) is 0 Å². The molecule has 25 heavy (non-hydrogen) atoms. The highest BCUT2D eigenvalue weighted by molar-refractivity contribution is 7.82. The molecule has 0 fully saturated rings. The van der Waals surface area contributed by atoms with Crippen LogP contribution in [0.25, 0.3) is 0 Å². The summed E-state index contributed by atoms with van der Waals surface area (Å²) < 4.78 is 30.9. The van der Waals surface area contributed by atoms with E-state index in [0.717, 1.165) is 12.8 Å². The molecular formula is C18H39NO5S. The topological polar surface area (TPSA) is 105 Å². The molecule has 0 heterocycles. The molecule has 0 spiro atoms. The van der Waals surface area contributed by atoms with Crippen molar-refractivity contribution < 1.29 is 21.6 Å². The van der Waals surface area contributed by atoms with E-state index in [2.05, 4.69) is 15.3 Å². The van der Waals surface area contributed by atoms with Gasteiger partial charge in [-0.3, -0.25) is 4.79 Å². The van der Waals surface area contributed by atoms with Gasteiger partial charge in [0.1, 0.15) is 0 Å². The monoisotopic (exact) mass is 381 g/mol. The largest absolute Gasteiger partial charge is 0.451 e. The van der Waals surface area contributed by atoms with Gasteiger partial charge in [-0.25, -0.2) is 4.18 Å². The van der Waals surface area contributed by atoms with Crippen LogP contribution in [0.3, 0.4) is 0 Å². The molecule has 3 N–H and O–H groups in total. The number of hydrogen-bond donors (Lipinski definition) is 1. The smallest absolute Gasteiger partial charge is 0.344 e. The van der Waals surface area contributed by atoms with E-state index in [4.69, 9.17) is 0 Å². The average molecular weight is 382 g/mol. The van der Waals surface area contributed by atoms with E-state index in [-0.39, 0.29) is 19.2 Å². The Hall–Kier alpha value is -0.660. The van der Waals surface area contributed by atoms with E-state index >= 15 is 0 Å². The highest BCUT2D eigenvalue weighted by Gasteiger charge is 2.16. The van der Waals surface area contributed by atoms with Crippen molar-refractivity contribution >= 4 is 16.4 Å². The fraction of sp³-hybridized carbons (Fsp3) is 0.944. The minimum atomic E-state index is -4.15. The Morgan fingerprint density at radius 2 is 1.12 bits per heavy atom. The van der Waals surface area contributed by atoms with E-state index in [9.17, 15) is 13.2 Å². The summed E-state index contributed by atoms with van der Waals surface area (Å²) in [5.41, 5.74) is 0. The minimum absolute atomic E-state index is 0. The zero-order chi connectivity index (χ0) is 18.1. The Balaban J connectivity index is 0. The number of unbranched alkanes of at least 4 members (excludes halogenated alkanes) is 12. The van der Waals surface area contributed by atoms with Crippen LogP contribution in [0.5, 0.6) is 0 Å². The van der Waals surface area contributed by atoms with Gasteiger partial charge >= 0.3 is 16.4 Å². The van der Waals surface area contributed by atoms with Crippen LogP contribution in [0.1, 0.15) is 104 Å². The zero-order valence-electron chi connectivity index (χ0n) is 16.3. The second kappa shape index (κ2) is 18.1.